The van der Waals surface area contributed by atoms with E-state index in [1.165, 1.54) is 5.75 Å². The molecule has 0 aromatic carbocycles. The van der Waals surface area contributed by atoms with Crippen molar-refractivity contribution in [3.8, 4) is 0 Å². The van der Waals surface area contributed by atoms with Crippen molar-refractivity contribution in [2.24, 2.45) is 0 Å². The molecule has 3 atom stereocenters. The van der Waals surface area contributed by atoms with Crippen LogP contribution in [0.15, 0.2) is 0 Å². The molecule has 2 unspecified atom stereocenters. The number of thiol groups is 2. The summed E-state index contributed by atoms with van der Waals surface area (Å²) in [4.78, 5) is 0. The normalized spacial score (nSPS) is 42.8. The highest BCUT2D eigenvalue weighted by Gasteiger charge is 2.57. The first-order chi connectivity index (χ1) is 5.35. The molecular weight excluding hydrogens is 204 g/mol. The number of hydrogen-bond acceptors (Lipinski definition) is 2. The van der Waals surface area contributed by atoms with Gasteiger partial charge in [0.2, 0.25) is 0 Å². The third-order valence-electron chi connectivity index (χ3n) is 3.01. The lowest BCUT2D eigenvalue weighted by Gasteiger charge is -2.31. The first-order valence-electron chi connectivity index (χ1n) is 4.55. The van der Waals surface area contributed by atoms with Gasteiger partial charge in [-0.1, -0.05) is 27.7 Å². The Morgan fingerprint density at radius 1 is 1.50 bits per heavy atom. The zero-order chi connectivity index (χ0) is 9.57. The van der Waals surface area contributed by atoms with Crippen LogP contribution in [0.3, 0.4) is 0 Å². The second kappa shape index (κ2) is 3.32. The van der Waals surface area contributed by atoms with Crippen molar-refractivity contribution in [2.75, 3.05) is 5.75 Å². The summed E-state index contributed by atoms with van der Waals surface area (Å²) in [6.45, 7) is 9.20. The third-order valence-corrected chi connectivity index (χ3v) is 11.3. The number of rotatable bonds is 3. The zero-order valence-electron chi connectivity index (χ0n) is 8.37. The average molecular weight is 224 g/mol. The molecule has 0 nitrogen and oxygen atoms in total. The number of hydrogen-bond donors (Lipinski definition) is 2. The van der Waals surface area contributed by atoms with Gasteiger partial charge in [0.15, 0.2) is 0 Å². The molecule has 12 heavy (non-hydrogen) atoms. The van der Waals surface area contributed by atoms with E-state index in [-0.39, 0.29) is 0 Å². The predicted octanol–water partition coefficient (Wildman–Crippen LogP) is 3.52. The van der Waals surface area contributed by atoms with Crippen LogP contribution < -0.4 is 0 Å². The molecule has 1 fully saturated rings. The van der Waals surface area contributed by atoms with Crippen molar-refractivity contribution in [3.05, 3.63) is 0 Å². The van der Waals surface area contributed by atoms with Gasteiger partial charge in [0.05, 0.1) is 0 Å². The summed E-state index contributed by atoms with van der Waals surface area (Å²) in [6.07, 6.45) is 1.16. The van der Waals surface area contributed by atoms with Crippen molar-refractivity contribution in [3.63, 3.8) is 0 Å². The molecule has 0 N–H and O–H groups in total. The first kappa shape index (κ1) is 11.1. The van der Waals surface area contributed by atoms with Crippen molar-refractivity contribution in [1.29, 1.82) is 0 Å². The minimum atomic E-state index is -0.624. The maximum Gasteiger partial charge on any atom is 0.0124 e. The highest BCUT2D eigenvalue weighted by atomic mass is 33.1. The molecule has 1 rings (SSSR count). The van der Waals surface area contributed by atoms with E-state index in [2.05, 4.69) is 40.3 Å². The largest absolute Gasteiger partial charge is 0.185 e. The molecule has 1 aliphatic rings. The Morgan fingerprint density at radius 3 is 2.17 bits per heavy atom. The summed E-state index contributed by atoms with van der Waals surface area (Å²) in [5.41, 5.74) is 0. The fourth-order valence-electron chi connectivity index (χ4n) is 1.73. The molecule has 0 bridgehead atoms. The van der Waals surface area contributed by atoms with Crippen molar-refractivity contribution in [2.45, 2.75) is 49.4 Å². The zero-order valence-corrected chi connectivity index (χ0v) is 11.0. The Balaban J connectivity index is 2.61. The Morgan fingerprint density at radius 2 is 1.92 bits per heavy atom. The van der Waals surface area contributed by atoms with E-state index in [1.54, 1.807) is 0 Å². The SMILES string of the molecule is CC[C@H](S)C(C)S1(S)CC1(C)C. The summed E-state index contributed by atoms with van der Waals surface area (Å²) < 4.78 is 0.506. The van der Waals surface area contributed by atoms with Gasteiger partial charge in [-0.15, -0.1) is 11.7 Å². The van der Waals surface area contributed by atoms with Crippen LogP contribution in [0.4, 0.5) is 0 Å². The Bertz CT molecular complexity index is 179. The fourth-order valence-corrected chi connectivity index (χ4v) is 7.67. The topological polar surface area (TPSA) is 0 Å². The summed E-state index contributed by atoms with van der Waals surface area (Å²) in [5, 5.41) is 1.24. The van der Waals surface area contributed by atoms with Crippen molar-refractivity contribution < 1.29 is 0 Å². The minimum absolute atomic E-state index is 0.506. The summed E-state index contributed by atoms with van der Waals surface area (Å²) in [6, 6.07) is 0. The van der Waals surface area contributed by atoms with Crippen LogP contribution in [0, 0.1) is 0 Å². The van der Waals surface area contributed by atoms with E-state index in [0.717, 1.165) is 6.42 Å². The predicted molar refractivity (Wildman–Crippen MR) is 68.1 cm³/mol. The quantitative estimate of drug-likeness (QED) is 0.409. The average Bonchev–Trinajstić information content (AvgIpc) is 2.50. The first-order valence-corrected chi connectivity index (χ1v) is 7.98. The van der Waals surface area contributed by atoms with Crippen LogP contribution in [-0.4, -0.2) is 21.0 Å². The second-order valence-corrected chi connectivity index (χ2v) is 10.6. The van der Waals surface area contributed by atoms with E-state index in [4.69, 9.17) is 11.7 Å². The summed E-state index contributed by atoms with van der Waals surface area (Å²) >= 11 is 9.48. The van der Waals surface area contributed by atoms with Crippen LogP contribution in [-0.2, 0) is 0 Å². The molecule has 0 saturated carbocycles. The standard InChI is InChI=1S/C9H20S3/c1-5-8(10)7(2)12(11)6-9(12,3)4/h7-8,10-11H,5-6H2,1-4H3/t7?,8-/m0/s1. The molecule has 1 saturated heterocycles. The smallest absolute Gasteiger partial charge is 0.0124 e. The lowest BCUT2D eigenvalue weighted by molar-refractivity contribution is 0.806. The highest BCUT2D eigenvalue weighted by molar-refractivity contribution is 8.92. The minimum Gasteiger partial charge on any atom is -0.185 e. The molecule has 0 amide bonds. The van der Waals surface area contributed by atoms with Crippen LogP contribution >= 0.6 is 33.3 Å². The maximum atomic E-state index is 4.87. The van der Waals surface area contributed by atoms with Gasteiger partial charge in [0.25, 0.3) is 0 Å². The van der Waals surface area contributed by atoms with Crippen LogP contribution in [0.25, 0.3) is 0 Å². The molecule has 3 heteroatoms. The molecule has 0 spiro atoms. The van der Waals surface area contributed by atoms with E-state index in [9.17, 15) is 0 Å². The third kappa shape index (κ3) is 1.64. The summed E-state index contributed by atoms with van der Waals surface area (Å²) in [5.74, 6) is 1.32. The van der Waals surface area contributed by atoms with Gasteiger partial charge in [-0.25, -0.2) is 0 Å². The fraction of sp³-hybridized carbons (Fsp3) is 1.00. The molecule has 0 aliphatic carbocycles. The van der Waals surface area contributed by atoms with Crippen molar-refractivity contribution >= 4 is 33.3 Å². The lowest BCUT2D eigenvalue weighted by Crippen LogP contribution is -2.18. The van der Waals surface area contributed by atoms with E-state index < -0.39 is 9.06 Å². The molecule has 0 aromatic heterocycles. The van der Waals surface area contributed by atoms with Crippen LogP contribution in [0.5, 0.6) is 0 Å². The lowest BCUT2D eigenvalue weighted by atomic mass is 10.3. The van der Waals surface area contributed by atoms with Crippen molar-refractivity contribution in [1.82, 2.24) is 0 Å². The monoisotopic (exact) mass is 224 g/mol. The van der Waals surface area contributed by atoms with Gasteiger partial charge in [0.1, 0.15) is 0 Å². The maximum absolute atomic E-state index is 4.87. The molecule has 0 aromatic rings. The Hall–Kier alpha value is 1.05. The Labute approximate surface area is 88.4 Å². The van der Waals surface area contributed by atoms with Gasteiger partial charge in [-0.05, 0) is 6.42 Å². The molecule has 1 aliphatic heterocycles. The highest BCUT2D eigenvalue weighted by Crippen LogP contribution is 2.82. The second-order valence-electron chi connectivity index (χ2n) is 4.34. The summed E-state index contributed by atoms with van der Waals surface area (Å²) in [7, 11) is -0.624. The molecular formula is C9H20S3. The molecule has 0 radical (unpaired) electrons. The Kier molecular flexibility index (Phi) is 3.08. The van der Waals surface area contributed by atoms with Gasteiger partial charge < -0.3 is 0 Å². The van der Waals surface area contributed by atoms with E-state index >= 15 is 0 Å². The van der Waals surface area contributed by atoms with Gasteiger partial charge in [-0.2, -0.15) is 21.7 Å². The van der Waals surface area contributed by atoms with Gasteiger partial charge in [-0.3, -0.25) is 0 Å². The van der Waals surface area contributed by atoms with Crippen LogP contribution in [0.2, 0.25) is 0 Å². The van der Waals surface area contributed by atoms with Gasteiger partial charge >= 0.3 is 0 Å². The van der Waals surface area contributed by atoms with E-state index in [0.29, 0.717) is 15.2 Å². The van der Waals surface area contributed by atoms with Crippen LogP contribution in [0.1, 0.15) is 34.1 Å². The van der Waals surface area contributed by atoms with Gasteiger partial charge in [0, 0.05) is 21.0 Å². The van der Waals surface area contributed by atoms with E-state index in [1.807, 2.05) is 0 Å². The molecule has 1 heterocycles. The molecule has 74 valence electrons.